The average Bonchev–Trinajstić information content (AvgIpc) is 2.87. The Bertz CT molecular complexity index is 366. The van der Waals surface area contributed by atoms with Crippen molar-refractivity contribution in [1.29, 1.82) is 0 Å². The van der Waals surface area contributed by atoms with Gasteiger partial charge in [0, 0.05) is 47.0 Å². The van der Waals surface area contributed by atoms with Gasteiger partial charge < -0.3 is 0 Å². The zero-order valence-corrected chi connectivity index (χ0v) is 11.8. The summed E-state index contributed by atoms with van der Waals surface area (Å²) >= 11 is 5.39. The van der Waals surface area contributed by atoms with E-state index < -0.39 is 0 Å². The molecule has 2 saturated heterocycles. The molecular weight excluding hydrogens is 284 g/mol. The highest BCUT2D eigenvalue weighted by molar-refractivity contribution is 9.10. The van der Waals surface area contributed by atoms with Crippen molar-refractivity contribution in [3.05, 3.63) is 20.8 Å². The van der Waals surface area contributed by atoms with E-state index in [0.717, 1.165) is 12.6 Å². The monoisotopic (exact) mass is 300 g/mol. The molecule has 0 saturated carbocycles. The van der Waals surface area contributed by atoms with Crippen LogP contribution in [0.3, 0.4) is 0 Å². The van der Waals surface area contributed by atoms with Crippen LogP contribution in [0.5, 0.6) is 0 Å². The Morgan fingerprint density at radius 3 is 3.12 bits per heavy atom. The molecular formula is C12H17BrN2S. The molecule has 88 valence electrons. The van der Waals surface area contributed by atoms with E-state index in [4.69, 9.17) is 0 Å². The summed E-state index contributed by atoms with van der Waals surface area (Å²) in [6.07, 6.45) is 2.81. The normalized spacial score (nSPS) is 27.2. The van der Waals surface area contributed by atoms with Crippen molar-refractivity contribution >= 4 is 27.3 Å². The highest BCUT2D eigenvalue weighted by Crippen LogP contribution is 2.25. The highest BCUT2D eigenvalue weighted by Gasteiger charge is 2.30. The van der Waals surface area contributed by atoms with Crippen molar-refractivity contribution in [3.8, 4) is 0 Å². The Morgan fingerprint density at radius 1 is 1.38 bits per heavy atom. The van der Waals surface area contributed by atoms with Gasteiger partial charge >= 0.3 is 0 Å². The molecule has 3 heterocycles. The summed E-state index contributed by atoms with van der Waals surface area (Å²) in [6.45, 7) is 6.27. The minimum Gasteiger partial charge on any atom is -0.298 e. The van der Waals surface area contributed by atoms with Gasteiger partial charge in [0.15, 0.2) is 0 Å². The fourth-order valence-corrected chi connectivity index (χ4v) is 4.35. The summed E-state index contributed by atoms with van der Waals surface area (Å²) in [4.78, 5) is 6.77. The molecule has 2 nitrogen and oxygen atoms in total. The van der Waals surface area contributed by atoms with E-state index in [-0.39, 0.29) is 0 Å². The third-order valence-electron chi connectivity index (χ3n) is 3.67. The summed E-state index contributed by atoms with van der Waals surface area (Å²) in [6, 6.07) is 3.10. The first-order chi connectivity index (χ1) is 7.81. The fourth-order valence-electron chi connectivity index (χ4n) is 2.86. The number of hydrogen-bond acceptors (Lipinski definition) is 3. The minimum absolute atomic E-state index is 0.845. The van der Waals surface area contributed by atoms with Gasteiger partial charge in [-0.25, -0.2) is 0 Å². The number of thiophene rings is 1. The summed E-state index contributed by atoms with van der Waals surface area (Å²) < 4.78 is 1.23. The van der Waals surface area contributed by atoms with E-state index in [2.05, 4.69) is 37.2 Å². The Kier molecular flexibility index (Phi) is 3.34. The SMILES string of the molecule is Brc1csc(CN2CCN3CCCC3C2)c1. The smallest absolute Gasteiger partial charge is 0.0329 e. The summed E-state index contributed by atoms with van der Waals surface area (Å²) in [5.41, 5.74) is 0. The molecule has 4 heteroatoms. The first-order valence-electron chi connectivity index (χ1n) is 6.00. The van der Waals surface area contributed by atoms with Crippen LogP contribution in [-0.4, -0.2) is 42.0 Å². The second-order valence-corrected chi connectivity index (χ2v) is 6.71. The van der Waals surface area contributed by atoms with E-state index in [1.807, 2.05) is 11.3 Å². The first-order valence-corrected chi connectivity index (χ1v) is 7.68. The van der Waals surface area contributed by atoms with Gasteiger partial charge in [0.25, 0.3) is 0 Å². The van der Waals surface area contributed by atoms with Crippen molar-refractivity contribution in [3.63, 3.8) is 0 Å². The van der Waals surface area contributed by atoms with Crippen LogP contribution in [0, 0.1) is 0 Å². The van der Waals surface area contributed by atoms with Crippen LogP contribution in [0.2, 0.25) is 0 Å². The van der Waals surface area contributed by atoms with Crippen LogP contribution >= 0.6 is 27.3 Å². The lowest BCUT2D eigenvalue weighted by molar-refractivity contribution is 0.100. The number of piperazine rings is 1. The highest BCUT2D eigenvalue weighted by atomic mass is 79.9. The molecule has 2 aliphatic heterocycles. The lowest BCUT2D eigenvalue weighted by Crippen LogP contribution is -2.49. The lowest BCUT2D eigenvalue weighted by atomic mass is 10.1. The molecule has 0 radical (unpaired) electrons. The van der Waals surface area contributed by atoms with Gasteiger partial charge in [-0.05, 0) is 41.4 Å². The van der Waals surface area contributed by atoms with E-state index in [1.165, 1.54) is 48.4 Å². The maximum Gasteiger partial charge on any atom is 0.0329 e. The van der Waals surface area contributed by atoms with Crippen molar-refractivity contribution in [2.45, 2.75) is 25.4 Å². The van der Waals surface area contributed by atoms with E-state index in [1.54, 1.807) is 0 Å². The second kappa shape index (κ2) is 4.77. The molecule has 0 bridgehead atoms. The number of fused-ring (bicyclic) bond motifs is 1. The van der Waals surface area contributed by atoms with Crippen molar-refractivity contribution in [2.24, 2.45) is 0 Å². The van der Waals surface area contributed by atoms with Crippen LogP contribution < -0.4 is 0 Å². The van der Waals surface area contributed by atoms with Crippen molar-refractivity contribution < 1.29 is 0 Å². The van der Waals surface area contributed by atoms with Crippen LogP contribution in [0.4, 0.5) is 0 Å². The molecule has 1 unspecified atom stereocenters. The predicted octanol–water partition coefficient (Wildman–Crippen LogP) is 2.79. The standard InChI is InChI=1S/C12H17BrN2S/c13-10-6-12(16-9-10)8-14-4-5-15-3-1-2-11(15)7-14/h6,9,11H,1-5,7-8H2. The zero-order chi connectivity index (χ0) is 11.0. The van der Waals surface area contributed by atoms with E-state index in [0.29, 0.717) is 0 Å². The Labute approximate surface area is 109 Å². The van der Waals surface area contributed by atoms with Crippen LogP contribution in [0.15, 0.2) is 15.9 Å². The van der Waals surface area contributed by atoms with Crippen LogP contribution in [0.25, 0.3) is 0 Å². The molecule has 0 aromatic carbocycles. The van der Waals surface area contributed by atoms with Crippen LogP contribution in [-0.2, 0) is 6.54 Å². The topological polar surface area (TPSA) is 6.48 Å². The number of hydrogen-bond donors (Lipinski definition) is 0. The molecule has 0 aliphatic carbocycles. The van der Waals surface area contributed by atoms with Gasteiger partial charge in [0.05, 0.1) is 0 Å². The number of rotatable bonds is 2. The third-order valence-corrected chi connectivity index (χ3v) is 5.36. The summed E-state index contributed by atoms with van der Waals surface area (Å²) in [5, 5.41) is 2.18. The lowest BCUT2D eigenvalue weighted by Gasteiger charge is -2.37. The fraction of sp³-hybridized carbons (Fsp3) is 0.667. The Balaban J connectivity index is 1.60. The predicted molar refractivity (Wildman–Crippen MR) is 71.9 cm³/mol. The molecule has 1 aromatic rings. The molecule has 0 amide bonds. The minimum atomic E-state index is 0.845. The largest absolute Gasteiger partial charge is 0.298 e. The molecule has 1 atom stereocenters. The maximum absolute atomic E-state index is 3.53. The quantitative estimate of drug-likeness (QED) is 0.829. The van der Waals surface area contributed by atoms with Gasteiger partial charge in [0.1, 0.15) is 0 Å². The third kappa shape index (κ3) is 2.35. The first kappa shape index (κ1) is 11.2. The van der Waals surface area contributed by atoms with Gasteiger partial charge in [-0.15, -0.1) is 11.3 Å². The number of nitrogens with zero attached hydrogens (tertiary/aromatic N) is 2. The molecule has 1 aromatic heterocycles. The zero-order valence-electron chi connectivity index (χ0n) is 9.36. The number of halogens is 1. The summed E-state index contributed by atoms with van der Waals surface area (Å²) in [7, 11) is 0. The molecule has 3 rings (SSSR count). The van der Waals surface area contributed by atoms with Gasteiger partial charge in [-0.2, -0.15) is 0 Å². The van der Waals surface area contributed by atoms with Gasteiger partial charge in [0.2, 0.25) is 0 Å². The van der Waals surface area contributed by atoms with E-state index in [9.17, 15) is 0 Å². The summed E-state index contributed by atoms with van der Waals surface area (Å²) in [5.74, 6) is 0. The molecule has 2 fully saturated rings. The van der Waals surface area contributed by atoms with E-state index >= 15 is 0 Å². The molecule has 2 aliphatic rings. The second-order valence-electron chi connectivity index (χ2n) is 4.80. The van der Waals surface area contributed by atoms with Gasteiger partial charge in [-0.3, -0.25) is 9.80 Å². The van der Waals surface area contributed by atoms with Crippen molar-refractivity contribution in [2.75, 3.05) is 26.2 Å². The molecule has 16 heavy (non-hydrogen) atoms. The Hall–Kier alpha value is 0.1000. The molecule has 0 spiro atoms. The molecule has 0 N–H and O–H groups in total. The van der Waals surface area contributed by atoms with Crippen molar-refractivity contribution in [1.82, 2.24) is 9.80 Å². The van der Waals surface area contributed by atoms with Crippen LogP contribution in [0.1, 0.15) is 17.7 Å². The maximum atomic E-state index is 3.53. The van der Waals surface area contributed by atoms with Gasteiger partial charge in [-0.1, -0.05) is 0 Å². The Morgan fingerprint density at radius 2 is 2.31 bits per heavy atom. The average molecular weight is 301 g/mol.